The normalized spacial score (nSPS) is 12.7. The van der Waals surface area contributed by atoms with Gasteiger partial charge in [0.05, 0.1) is 23.0 Å². The number of nitrogens with two attached hydrogens (primary N) is 1. The third kappa shape index (κ3) is 2.88. The largest absolute Gasteiger partial charge is 0.271 e. The van der Waals surface area contributed by atoms with Crippen LogP contribution in [0.2, 0.25) is 5.02 Å². The Hall–Kier alpha value is -0.950. The van der Waals surface area contributed by atoms with Crippen LogP contribution in [0.15, 0.2) is 28.9 Å². The second-order valence-electron chi connectivity index (χ2n) is 4.34. The summed E-state index contributed by atoms with van der Waals surface area (Å²) in [6.07, 6.45) is 2.44. The molecule has 1 atom stereocenters. The maximum atomic E-state index is 14.1. The van der Waals surface area contributed by atoms with E-state index >= 15 is 0 Å². The third-order valence-corrected chi connectivity index (χ3v) is 3.98. The molecule has 1 heterocycles. The predicted molar refractivity (Wildman–Crippen MR) is 80.8 cm³/mol. The number of hydrogen-bond donors (Lipinski definition) is 2. The zero-order valence-corrected chi connectivity index (χ0v) is 13.2. The van der Waals surface area contributed by atoms with Crippen molar-refractivity contribution in [1.29, 1.82) is 0 Å². The van der Waals surface area contributed by atoms with Crippen LogP contribution in [-0.2, 0) is 6.54 Å². The lowest BCUT2D eigenvalue weighted by Crippen LogP contribution is -2.32. The van der Waals surface area contributed by atoms with Crippen LogP contribution in [0.5, 0.6) is 0 Å². The molecular formula is C13H15BrClFN4. The van der Waals surface area contributed by atoms with Gasteiger partial charge in [0, 0.05) is 16.6 Å². The number of benzene rings is 1. The fourth-order valence-corrected chi connectivity index (χ4v) is 2.96. The first kappa shape index (κ1) is 15.4. The average molecular weight is 362 g/mol. The molecule has 20 heavy (non-hydrogen) atoms. The highest BCUT2D eigenvalue weighted by molar-refractivity contribution is 9.10. The second-order valence-corrected chi connectivity index (χ2v) is 5.60. The van der Waals surface area contributed by atoms with Crippen molar-refractivity contribution in [2.24, 2.45) is 5.84 Å². The van der Waals surface area contributed by atoms with Gasteiger partial charge in [-0.3, -0.25) is 10.5 Å². The molecule has 4 nitrogen and oxygen atoms in total. The van der Waals surface area contributed by atoms with Crippen molar-refractivity contribution in [1.82, 2.24) is 15.2 Å². The van der Waals surface area contributed by atoms with Gasteiger partial charge >= 0.3 is 0 Å². The van der Waals surface area contributed by atoms with Gasteiger partial charge in [-0.2, -0.15) is 5.10 Å². The molecule has 0 saturated heterocycles. The van der Waals surface area contributed by atoms with E-state index in [0.717, 1.165) is 6.42 Å². The van der Waals surface area contributed by atoms with Crippen LogP contribution in [0.3, 0.4) is 0 Å². The molecule has 0 aliphatic rings. The summed E-state index contributed by atoms with van der Waals surface area (Å²) in [7, 11) is 0. The van der Waals surface area contributed by atoms with E-state index in [1.807, 2.05) is 6.92 Å². The summed E-state index contributed by atoms with van der Waals surface area (Å²) in [5, 5.41) is 4.67. The molecule has 1 aromatic carbocycles. The summed E-state index contributed by atoms with van der Waals surface area (Å²) in [4.78, 5) is 0. The van der Waals surface area contributed by atoms with E-state index in [2.05, 4.69) is 26.5 Å². The van der Waals surface area contributed by atoms with Crippen LogP contribution in [-0.4, -0.2) is 9.78 Å². The minimum atomic E-state index is -0.577. The molecule has 0 aliphatic heterocycles. The smallest absolute Gasteiger partial charge is 0.129 e. The molecule has 0 spiro atoms. The Balaban J connectivity index is 2.55. The number of halogens is 3. The number of aromatic nitrogens is 2. The number of aryl methyl sites for hydroxylation is 1. The molecule has 0 amide bonds. The first-order valence-electron chi connectivity index (χ1n) is 6.21. The van der Waals surface area contributed by atoms with Crippen molar-refractivity contribution >= 4 is 27.5 Å². The highest BCUT2D eigenvalue weighted by atomic mass is 79.9. The number of hydrazine groups is 1. The highest BCUT2D eigenvalue weighted by Crippen LogP contribution is 2.33. The summed E-state index contributed by atoms with van der Waals surface area (Å²) >= 11 is 9.55. The molecule has 1 unspecified atom stereocenters. The van der Waals surface area contributed by atoms with Crippen molar-refractivity contribution in [3.63, 3.8) is 0 Å². The van der Waals surface area contributed by atoms with Crippen molar-refractivity contribution < 1.29 is 4.39 Å². The molecular weight excluding hydrogens is 347 g/mol. The quantitative estimate of drug-likeness (QED) is 0.634. The molecule has 0 bridgehead atoms. The Bertz CT molecular complexity index is 582. The SMILES string of the molecule is CCCn1ncc(Cl)c1C(NN)c1c(F)cccc1Br. The summed E-state index contributed by atoms with van der Waals surface area (Å²) in [5.74, 6) is 5.27. The molecule has 0 aliphatic carbocycles. The second kappa shape index (κ2) is 6.67. The van der Waals surface area contributed by atoms with E-state index in [-0.39, 0.29) is 5.82 Å². The van der Waals surface area contributed by atoms with Crippen LogP contribution in [0.25, 0.3) is 0 Å². The lowest BCUT2D eigenvalue weighted by Gasteiger charge is -2.20. The average Bonchev–Trinajstić information content (AvgIpc) is 2.76. The van der Waals surface area contributed by atoms with E-state index in [4.69, 9.17) is 17.4 Å². The van der Waals surface area contributed by atoms with Gasteiger partial charge in [0.15, 0.2) is 0 Å². The topological polar surface area (TPSA) is 55.9 Å². The number of nitrogens with one attached hydrogen (secondary N) is 1. The highest BCUT2D eigenvalue weighted by Gasteiger charge is 2.25. The number of nitrogens with zero attached hydrogens (tertiary/aromatic N) is 2. The molecule has 1 aromatic heterocycles. The van der Waals surface area contributed by atoms with E-state index < -0.39 is 6.04 Å². The summed E-state index contributed by atoms with van der Waals surface area (Å²) < 4.78 is 16.5. The zero-order chi connectivity index (χ0) is 14.7. The summed E-state index contributed by atoms with van der Waals surface area (Å²) in [6, 6.07) is 4.20. The number of rotatable bonds is 5. The minimum absolute atomic E-state index is 0.359. The van der Waals surface area contributed by atoms with Crippen LogP contribution in [0.4, 0.5) is 4.39 Å². The molecule has 3 N–H and O–H groups in total. The number of hydrogen-bond acceptors (Lipinski definition) is 3. The van der Waals surface area contributed by atoms with Gasteiger partial charge in [-0.05, 0) is 18.6 Å². The van der Waals surface area contributed by atoms with Crippen molar-refractivity contribution in [2.45, 2.75) is 25.9 Å². The molecule has 0 saturated carbocycles. The molecule has 7 heteroatoms. The Kier molecular flexibility index (Phi) is 5.15. The summed E-state index contributed by atoms with van der Waals surface area (Å²) in [5.41, 5.74) is 3.69. The van der Waals surface area contributed by atoms with Crippen LogP contribution in [0.1, 0.15) is 30.6 Å². The monoisotopic (exact) mass is 360 g/mol. The molecule has 0 fully saturated rings. The fraction of sp³-hybridized carbons (Fsp3) is 0.308. The van der Waals surface area contributed by atoms with Gasteiger partial charge in [0.1, 0.15) is 5.82 Å². The third-order valence-electron chi connectivity index (χ3n) is 3.00. The van der Waals surface area contributed by atoms with Crippen LogP contribution in [0, 0.1) is 5.82 Å². The van der Waals surface area contributed by atoms with Crippen molar-refractivity contribution in [3.8, 4) is 0 Å². The molecule has 2 aromatic rings. The van der Waals surface area contributed by atoms with Crippen molar-refractivity contribution in [2.75, 3.05) is 0 Å². The van der Waals surface area contributed by atoms with E-state index in [1.54, 1.807) is 23.0 Å². The van der Waals surface area contributed by atoms with Gasteiger partial charge in [0.25, 0.3) is 0 Å². The van der Waals surface area contributed by atoms with Gasteiger partial charge in [0.2, 0.25) is 0 Å². The fourth-order valence-electron chi connectivity index (χ4n) is 2.13. The Morgan fingerprint density at radius 2 is 2.30 bits per heavy atom. The minimum Gasteiger partial charge on any atom is -0.271 e. The van der Waals surface area contributed by atoms with Crippen molar-refractivity contribution in [3.05, 3.63) is 51.0 Å². The predicted octanol–water partition coefficient (Wildman–Crippen LogP) is 3.40. The lowest BCUT2D eigenvalue weighted by molar-refractivity contribution is 0.501. The zero-order valence-electron chi connectivity index (χ0n) is 10.9. The van der Waals surface area contributed by atoms with E-state index in [9.17, 15) is 4.39 Å². The Labute approximate surface area is 130 Å². The first-order valence-corrected chi connectivity index (χ1v) is 7.38. The van der Waals surface area contributed by atoms with Gasteiger partial charge < -0.3 is 0 Å². The standard InChI is InChI=1S/C13H15BrClFN4/c1-2-6-20-13(9(15)7-18-20)12(19-17)11-8(14)4-3-5-10(11)16/h3-5,7,12,19H,2,6,17H2,1H3. The Morgan fingerprint density at radius 3 is 2.90 bits per heavy atom. The van der Waals surface area contributed by atoms with Gasteiger partial charge in [-0.1, -0.05) is 40.5 Å². The van der Waals surface area contributed by atoms with Gasteiger partial charge in [-0.25, -0.2) is 9.82 Å². The molecule has 108 valence electrons. The van der Waals surface area contributed by atoms with Crippen LogP contribution >= 0.6 is 27.5 Å². The van der Waals surface area contributed by atoms with Crippen LogP contribution < -0.4 is 11.3 Å². The summed E-state index contributed by atoms with van der Waals surface area (Å²) in [6.45, 7) is 2.72. The van der Waals surface area contributed by atoms with E-state index in [0.29, 0.717) is 27.3 Å². The van der Waals surface area contributed by atoms with E-state index in [1.165, 1.54) is 6.07 Å². The lowest BCUT2D eigenvalue weighted by atomic mass is 10.0. The maximum Gasteiger partial charge on any atom is 0.129 e. The van der Waals surface area contributed by atoms with Gasteiger partial charge in [-0.15, -0.1) is 0 Å². The maximum absolute atomic E-state index is 14.1. The molecule has 2 rings (SSSR count). The first-order chi connectivity index (χ1) is 9.60. The molecule has 0 radical (unpaired) electrons. The Morgan fingerprint density at radius 1 is 1.55 bits per heavy atom.